The van der Waals surface area contributed by atoms with Crippen LogP contribution in [-0.4, -0.2) is 16.2 Å². The molecule has 14 heavy (non-hydrogen) atoms. The molecule has 76 valence electrons. The van der Waals surface area contributed by atoms with Gasteiger partial charge < -0.3 is 10.8 Å². The molecule has 0 aromatic carbocycles. The van der Waals surface area contributed by atoms with E-state index in [1.807, 2.05) is 12.1 Å². The topological polar surface area (TPSA) is 59.1 Å². The Kier molecular flexibility index (Phi) is 2.85. The summed E-state index contributed by atoms with van der Waals surface area (Å²) in [6, 6.07) is 3.44. The van der Waals surface area contributed by atoms with E-state index in [1.165, 1.54) is 0 Å². The number of nitrogens with zero attached hydrogens (tertiary/aromatic N) is 1. The van der Waals surface area contributed by atoms with E-state index in [0.717, 1.165) is 23.0 Å². The zero-order valence-corrected chi connectivity index (χ0v) is 9.31. The van der Waals surface area contributed by atoms with Gasteiger partial charge in [-0.05, 0) is 46.3 Å². The standard InChI is InChI=1S/C10H13BrN2O/c11-8-4-3-7(5-13-8)9(12)10(14)6-1-2-6/h3-6,9-10,14H,1-2,12H2. The third-order valence-corrected chi connectivity index (χ3v) is 3.08. The molecule has 1 saturated carbocycles. The molecular formula is C10H13BrN2O. The van der Waals surface area contributed by atoms with Crippen LogP contribution < -0.4 is 5.73 Å². The van der Waals surface area contributed by atoms with Crippen LogP contribution >= 0.6 is 15.9 Å². The fraction of sp³-hybridized carbons (Fsp3) is 0.500. The monoisotopic (exact) mass is 256 g/mol. The summed E-state index contributed by atoms with van der Waals surface area (Å²) < 4.78 is 0.786. The molecule has 1 heterocycles. The van der Waals surface area contributed by atoms with E-state index in [1.54, 1.807) is 6.20 Å². The number of aromatic nitrogens is 1. The number of aliphatic hydroxyl groups is 1. The third kappa shape index (κ3) is 2.13. The van der Waals surface area contributed by atoms with Crippen molar-refractivity contribution in [2.24, 2.45) is 11.7 Å². The van der Waals surface area contributed by atoms with Crippen LogP contribution in [0.1, 0.15) is 24.4 Å². The van der Waals surface area contributed by atoms with Gasteiger partial charge in [-0.25, -0.2) is 4.98 Å². The van der Waals surface area contributed by atoms with E-state index in [9.17, 15) is 5.11 Å². The number of pyridine rings is 1. The fourth-order valence-electron chi connectivity index (χ4n) is 1.51. The van der Waals surface area contributed by atoms with Crippen molar-refractivity contribution in [3.8, 4) is 0 Å². The normalized spacial score (nSPS) is 20.5. The predicted molar refractivity (Wildman–Crippen MR) is 57.6 cm³/mol. The van der Waals surface area contributed by atoms with Crippen molar-refractivity contribution < 1.29 is 5.11 Å². The van der Waals surface area contributed by atoms with Crippen LogP contribution in [-0.2, 0) is 0 Å². The van der Waals surface area contributed by atoms with Gasteiger partial charge in [-0.3, -0.25) is 0 Å². The molecule has 0 bridgehead atoms. The second-order valence-electron chi connectivity index (χ2n) is 3.77. The van der Waals surface area contributed by atoms with Gasteiger partial charge in [-0.2, -0.15) is 0 Å². The minimum atomic E-state index is -0.419. The average Bonchev–Trinajstić information content (AvgIpc) is 3.00. The van der Waals surface area contributed by atoms with Crippen LogP contribution in [0.25, 0.3) is 0 Å². The molecule has 2 rings (SSSR count). The van der Waals surface area contributed by atoms with Gasteiger partial charge >= 0.3 is 0 Å². The first kappa shape index (κ1) is 10.1. The van der Waals surface area contributed by atoms with Crippen molar-refractivity contribution >= 4 is 15.9 Å². The highest BCUT2D eigenvalue weighted by Gasteiger charge is 2.34. The summed E-state index contributed by atoms with van der Waals surface area (Å²) >= 11 is 3.26. The Labute approximate surface area is 91.5 Å². The van der Waals surface area contributed by atoms with Crippen molar-refractivity contribution in [1.82, 2.24) is 4.98 Å². The first-order chi connectivity index (χ1) is 6.68. The van der Waals surface area contributed by atoms with Crippen LogP contribution in [0.15, 0.2) is 22.9 Å². The zero-order chi connectivity index (χ0) is 10.1. The van der Waals surface area contributed by atoms with E-state index in [-0.39, 0.29) is 6.04 Å². The lowest BCUT2D eigenvalue weighted by Gasteiger charge is -2.18. The van der Waals surface area contributed by atoms with Crippen molar-refractivity contribution in [2.45, 2.75) is 25.0 Å². The minimum absolute atomic E-state index is 0.303. The molecule has 3 N–H and O–H groups in total. The molecule has 0 amide bonds. The molecule has 4 heteroatoms. The van der Waals surface area contributed by atoms with Gasteiger partial charge in [0, 0.05) is 6.20 Å². The van der Waals surface area contributed by atoms with Crippen molar-refractivity contribution in [3.05, 3.63) is 28.5 Å². The third-order valence-electron chi connectivity index (χ3n) is 2.61. The molecule has 1 aliphatic rings. The zero-order valence-electron chi connectivity index (χ0n) is 7.73. The van der Waals surface area contributed by atoms with Gasteiger partial charge in [-0.1, -0.05) is 6.07 Å². The molecule has 1 aliphatic carbocycles. The highest BCUT2D eigenvalue weighted by atomic mass is 79.9. The van der Waals surface area contributed by atoms with Gasteiger partial charge in [-0.15, -0.1) is 0 Å². The quantitative estimate of drug-likeness (QED) is 0.809. The molecule has 2 atom stereocenters. The number of aliphatic hydroxyl groups excluding tert-OH is 1. The van der Waals surface area contributed by atoms with Gasteiger partial charge in [0.2, 0.25) is 0 Å². The van der Waals surface area contributed by atoms with Crippen LogP contribution in [0.5, 0.6) is 0 Å². The predicted octanol–water partition coefficient (Wildman–Crippen LogP) is 1.61. The molecule has 3 nitrogen and oxygen atoms in total. The number of rotatable bonds is 3. The Morgan fingerprint density at radius 3 is 2.71 bits per heavy atom. The van der Waals surface area contributed by atoms with Crippen molar-refractivity contribution in [3.63, 3.8) is 0 Å². The number of hydrogen-bond donors (Lipinski definition) is 2. The van der Waals surface area contributed by atoms with E-state index in [4.69, 9.17) is 5.73 Å². The Morgan fingerprint density at radius 2 is 2.21 bits per heavy atom. The second kappa shape index (κ2) is 3.96. The molecule has 1 aromatic heterocycles. The first-order valence-electron chi connectivity index (χ1n) is 4.73. The van der Waals surface area contributed by atoms with Gasteiger partial charge in [0.05, 0.1) is 12.1 Å². The first-order valence-corrected chi connectivity index (χ1v) is 5.53. The fourth-order valence-corrected chi connectivity index (χ4v) is 1.75. The average molecular weight is 257 g/mol. The lowest BCUT2D eigenvalue weighted by molar-refractivity contribution is 0.122. The van der Waals surface area contributed by atoms with Crippen LogP contribution in [0.4, 0.5) is 0 Å². The lowest BCUT2D eigenvalue weighted by Crippen LogP contribution is -2.27. The van der Waals surface area contributed by atoms with E-state index >= 15 is 0 Å². The molecular weight excluding hydrogens is 244 g/mol. The summed E-state index contributed by atoms with van der Waals surface area (Å²) in [5.41, 5.74) is 6.82. The lowest BCUT2D eigenvalue weighted by atomic mass is 10.0. The maximum absolute atomic E-state index is 9.82. The van der Waals surface area contributed by atoms with E-state index in [2.05, 4.69) is 20.9 Å². The molecule has 2 unspecified atom stereocenters. The van der Waals surface area contributed by atoms with Crippen LogP contribution in [0.3, 0.4) is 0 Å². The summed E-state index contributed by atoms with van der Waals surface area (Å²) in [7, 11) is 0. The van der Waals surface area contributed by atoms with Gasteiger partial charge in [0.1, 0.15) is 4.60 Å². The maximum atomic E-state index is 9.82. The molecule has 0 aliphatic heterocycles. The van der Waals surface area contributed by atoms with Gasteiger partial charge in [0.25, 0.3) is 0 Å². The number of hydrogen-bond acceptors (Lipinski definition) is 3. The highest BCUT2D eigenvalue weighted by molar-refractivity contribution is 9.10. The Hall–Kier alpha value is -0.450. The Balaban J connectivity index is 2.09. The summed E-state index contributed by atoms with van der Waals surface area (Å²) in [4.78, 5) is 4.09. The SMILES string of the molecule is NC(c1ccc(Br)nc1)C(O)C1CC1. The molecule has 1 fully saturated rings. The summed E-state index contributed by atoms with van der Waals surface area (Å²) in [5.74, 6) is 0.397. The minimum Gasteiger partial charge on any atom is -0.391 e. The Bertz CT molecular complexity index is 310. The molecule has 1 aromatic rings. The van der Waals surface area contributed by atoms with Crippen molar-refractivity contribution in [2.75, 3.05) is 0 Å². The van der Waals surface area contributed by atoms with Crippen molar-refractivity contribution in [1.29, 1.82) is 0 Å². The maximum Gasteiger partial charge on any atom is 0.106 e. The summed E-state index contributed by atoms with van der Waals surface area (Å²) in [6.45, 7) is 0. The summed E-state index contributed by atoms with van der Waals surface area (Å²) in [5, 5.41) is 9.82. The smallest absolute Gasteiger partial charge is 0.106 e. The molecule has 0 radical (unpaired) electrons. The van der Waals surface area contributed by atoms with Gasteiger partial charge in [0.15, 0.2) is 0 Å². The van der Waals surface area contributed by atoms with Crippen LogP contribution in [0, 0.1) is 5.92 Å². The van der Waals surface area contributed by atoms with E-state index < -0.39 is 6.10 Å². The Morgan fingerprint density at radius 1 is 1.50 bits per heavy atom. The second-order valence-corrected chi connectivity index (χ2v) is 4.58. The number of nitrogens with two attached hydrogens (primary N) is 1. The largest absolute Gasteiger partial charge is 0.391 e. The molecule has 0 saturated heterocycles. The van der Waals surface area contributed by atoms with Crippen LogP contribution in [0.2, 0.25) is 0 Å². The highest BCUT2D eigenvalue weighted by Crippen LogP contribution is 2.37. The summed E-state index contributed by atoms with van der Waals surface area (Å²) in [6.07, 6.45) is 3.48. The number of halogens is 1. The van der Waals surface area contributed by atoms with E-state index in [0.29, 0.717) is 5.92 Å². The molecule has 0 spiro atoms.